The highest BCUT2D eigenvalue weighted by atomic mass is 16.3. The molecular formula is C6H18N2O2. The highest BCUT2D eigenvalue weighted by Crippen LogP contribution is 2.00. The van der Waals surface area contributed by atoms with Crippen molar-refractivity contribution in [2.45, 2.75) is 12.8 Å². The summed E-state index contributed by atoms with van der Waals surface area (Å²) in [6.45, 7) is 3.89. The van der Waals surface area contributed by atoms with E-state index in [9.17, 15) is 0 Å². The van der Waals surface area contributed by atoms with Crippen LogP contribution in [-0.4, -0.2) is 23.4 Å². The Hall–Kier alpha value is -0.420. The third-order valence-electron chi connectivity index (χ3n) is 0.931. The van der Waals surface area contributed by atoms with Crippen LogP contribution in [0.1, 0.15) is 12.8 Å². The van der Waals surface area contributed by atoms with Crippen LogP contribution in [0.2, 0.25) is 0 Å². The summed E-state index contributed by atoms with van der Waals surface area (Å²) in [4.78, 5) is 0. The Morgan fingerprint density at radius 2 is 1.30 bits per heavy atom. The maximum Gasteiger partial charge on any atom is 0.0468 e. The lowest BCUT2D eigenvalue weighted by atomic mass is 10.2. The van der Waals surface area contributed by atoms with Crippen LogP contribution >= 0.6 is 0 Å². The molecule has 0 spiro atoms. The summed E-state index contributed by atoms with van der Waals surface area (Å²) >= 11 is 0. The van der Waals surface area contributed by atoms with E-state index in [1.165, 1.54) is 0 Å². The average molecular weight is 150 g/mol. The zero-order valence-electron chi connectivity index (χ0n) is 6.34. The molecule has 64 valence electrons. The van der Waals surface area contributed by atoms with Crippen molar-refractivity contribution in [3.05, 3.63) is 12.2 Å². The Morgan fingerprint density at radius 1 is 1.00 bits per heavy atom. The molecule has 0 aromatic rings. The van der Waals surface area contributed by atoms with Gasteiger partial charge >= 0.3 is 0 Å². The molecule has 0 aromatic heterocycles. The number of hydrogen-bond donors (Lipinski definition) is 4. The van der Waals surface area contributed by atoms with E-state index >= 15 is 0 Å². The lowest BCUT2D eigenvalue weighted by Crippen LogP contribution is -1.90. The highest BCUT2D eigenvalue weighted by Gasteiger charge is 1.89. The van der Waals surface area contributed by atoms with Gasteiger partial charge in [0.05, 0.1) is 0 Å². The van der Waals surface area contributed by atoms with Gasteiger partial charge in [-0.05, 0) is 12.8 Å². The molecule has 0 aliphatic carbocycles. The number of aliphatic hydroxyl groups excluding tert-OH is 2. The number of aliphatic hydroxyl groups is 2. The molecule has 8 N–H and O–H groups in total. The molecule has 0 radical (unpaired) electrons. The molecule has 0 atom stereocenters. The predicted octanol–water partition coefficient (Wildman–Crippen LogP) is 0.631. The van der Waals surface area contributed by atoms with Crippen LogP contribution in [0, 0.1) is 0 Å². The van der Waals surface area contributed by atoms with E-state index in [4.69, 9.17) is 10.2 Å². The molecule has 0 heterocycles. The minimum Gasteiger partial charge on any atom is -0.396 e. The van der Waals surface area contributed by atoms with Crippen molar-refractivity contribution in [2.75, 3.05) is 13.2 Å². The van der Waals surface area contributed by atoms with Crippen molar-refractivity contribution in [1.82, 2.24) is 12.3 Å². The first-order valence-corrected chi connectivity index (χ1v) is 2.69. The van der Waals surface area contributed by atoms with Gasteiger partial charge in [-0.15, -0.1) is 0 Å². The van der Waals surface area contributed by atoms with E-state index in [1.807, 2.05) is 0 Å². The molecule has 0 bridgehead atoms. The van der Waals surface area contributed by atoms with Gasteiger partial charge in [-0.25, -0.2) is 0 Å². The zero-order chi connectivity index (χ0) is 6.41. The number of rotatable bonds is 4. The lowest BCUT2D eigenvalue weighted by molar-refractivity contribution is 0.281. The van der Waals surface area contributed by atoms with Gasteiger partial charge in [0.2, 0.25) is 0 Å². The molecule has 0 aliphatic rings. The van der Waals surface area contributed by atoms with Crippen molar-refractivity contribution in [1.29, 1.82) is 0 Å². The van der Waals surface area contributed by atoms with Crippen molar-refractivity contribution in [3.63, 3.8) is 0 Å². The van der Waals surface area contributed by atoms with Gasteiger partial charge in [-0.1, -0.05) is 12.2 Å². The Kier molecular flexibility index (Phi) is 18.5. The van der Waals surface area contributed by atoms with Crippen LogP contribution < -0.4 is 12.3 Å². The molecule has 0 unspecified atom stereocenters. The summed E-state index contributed by atoms with van der Waals surface area (Å²) in [6.07, 6.45) is 1.22. The van der Waals surface area contributed by atoms with E-state index in [-0.39, 0.29) is 25.5 Å². The third-order valence-corrected chi connectivity index (χ3v) is 0.931. The van der Waals surface area contributed by atoms with Gasteiger partial charge in [0.25, 0.3) is 0 Å². The molecule has 4 nitrogen and oxygen atoms in total. The minimum atomic E-state index is 0. The summed E-state index contributed by atoms with van der Waals surface area (Å²) in [5.41, 5.74) is 0.912. The van der Waals surface area contributed by atoms with Gasteiger partial charge < -0.3 is 22.5 Å². The van der Waals surface area contributed by atoms with Crippen LogP contribution in [0.3, 0.4) is 0 Å². The van der Waals surface area contributed by atoms with Gasteiger partial charge in [0.15, 0.2) is 0 Å². The van der Waals surface area contributed by atoms with Crippen LogP contribution in [0.25, 0.3) is 0 Å². The molecule has 0 amide bonds. The standard InChI is InChI=1S/C6H12O2.2H3N/c1-6(2-4-7)3-5-8;;/h7-8H,1-5H2;2*1H3. The molecule has 4 heteroatoms. The fraction of sp³-hybridized carbons (Fsp3) is 0.667. The van der Waals surface area contributed by atoms with Gasteiger partial charge in [-0.3, -0.25) is 0 Å². The summed E-state index contributed by atoms with van der Waals surface area (Å²) in [5, 5.41) is 16.6. The van der Waals surface area contributed by atoms with Crippen molar-refractivity contribution in [2.24, 2.45) is 0 Å². The molecule has 0 rings (SSSR count). The fourth-order valence-electron chi connectivity index (χ4n) is 0.441. The smallest absolute Gasteiger partial charge is 0.0468 e. The topological polar surface area (TPSA) is 110 Å². The Morgan fingerprint density at radius 3 is 1.50 bits per heavy atom. The van der Waals surface area contributed by atoms with Gasteiger partial charge in [-0.2, -0.15) is 0 Å². The van der Waals surface area contributed by atoms with Gasteiger partial charge in [0, 0.05) is 13.2 Å². The van der Waals surface area contributed by atoms with E-state index in [0.717, 1.165) is 5.57 Å². The molecule has 0 fully saturated rings. The highest BCUT2D eigenvalue weighted by molar-refractivity contribution is 4.92. The summed E-state index contributed by atoms with van der Waals surface area (Å²) in [6, 6.07) is 0. The third kappa shape index (κ3) is 10.5. The van der Waals surface area contributed by atoms with E-state index in [2.05, 4.69) is 6.58 Å². The molecule has 10 heavy (non-hydrogen) atoms. The summed E-state index contributed by atoms with van der Waals surface area (Å²) in [7, 11) is 0. The lowest BCUT2D eigenvalue weighted by Gasteiger charge is -1.97. The Labute approximate surface area is 61.7 Å². The normalized spacial score (nSPS) is 7.40. The number of hydrogen-bond acceptors (Lipinski definition) is 4. The van der Waals surface area contributed by atoms with Crippen molar-refractivity contribution in [3.8, 4) is 0 Å². The maximum atomic E-state index is 8.32. The summed E-state index contributed by atoms with van der Waals surface area (Å²) in [5.74, 6) is 0. The quantitative estimate of drug-likeness (QED) is 0.440. The first-order chi connectivity index (χ1) is 3.81. The monoisotopic (exact) mass is 150 g/mol. The Bertz CT molecular complexity index is 68.1. The van der Waals surface area contributed by atoms with Crippen LogP contribution in [0.5, 0.6) is 0 Å². The second kappa shape index (κ2) is 11.4. The zero-order valence-corrected chi connectivity index (χ0v) is 6.34. The first-order valence-electron chi connectivity index (χ1n) is 2.69. The average Bonchev–Trinajstić information content (AvgIpc) is 1.68. The second-order valence-corrected chi connectivity index (χ2v) is 1.70. The van der Waals surface area contributed by atoms with E-state index in [1.54, 1.807) is 0 Å². The minimum absolute atomic E-state index is 0. The van der Waals surface area contributed by atoms with E-state index in [0.29, 0.717) is 12.8 Å². The van der Waals surface area contributed by atoms with Gasteiger partial charge in [0.1, 0.15) is 0 Å². The van der Waals surface area contributed by atoms with Crippen LogP contribution in [-0.2, 0) is 0 Å². The fourth-order valence-corrected chi connectivity index (χ4v) is 0.441. The van der Waals surface area contributed by atoms with Crippen LogP contribution in [0.15, 0.2) is 12.2 Å². The van der Waals surface area contributed by atoms with E-state index < -0.39 is 0 Å². The molecule has 0 saturated heterocycles. The Balaban J connectivity index is -0.000000245. The first kappa shape index (κ1) is 16.3. The van der Waals surface area contributed by atoms with Crippen molar-refractivity contribution < 1.29 is 10.2 Å². The molecule has 0 aliphatic heterocycles. The largest absolute Gasteiger partial charge is 0.396 e. The predicted molar refractivity (Wildman–Crippen MR) is 42.6 cm³/mol. The second-order valence-electron chi connectivity index (χ2n) is 1.70. The maximum absolute atomic E-state index is 8.32. The van der Waals surface area contributed by atoms with Crippen molar-refractivity contribution >= 4 is 0 Å². The SMILES string of the molecule is C=C(CCO)CCO.N.N. The molecule has 0 saturated carbocycles. The summed E-state index contributed by atoms with van der Waals surface area (Å²) < 4.78 is 0. The molecule has 0 aromatic carbocycles. The van der Waals surface area contributed by atoms with Crippen LogP contribution in [0.4, 0.5) is 0 Å². The molecular weight excluding hydrogens is 132 g/mol.